The summed E-state index contributed by atoms with van der Waals surface area (Å²) in [6.07, 6.45) is 2.78. The van der Waals surface area contributed by atoms with E-state index >= 15 is 0 Å². The fraction of sp³-hybridized carbons (Fsp3) is 0.533. The zero-order valence-electron chi connectivity index (χ0n) is 12.0. The second-order valence-electron chi connectivity index (χ2n) is 5.62. The van der Waals surface area contributed by atoms with Gasteiger partial charge in [0.05, 0.1) is 5.56 Å². The van der Waals surface area contributed by atoms with Crippen LogP contribution in [0.25, 0.3) is 0 Å². The second kappa shape index (κ2) is 7.87. The van der Waals surface area contributed by atoms with E-state index in [2.05, 4.69) is 4.90 Å². The molecule has 21 heavy (non-hydrogen) atoms. The van der Waals surface area contributed by atoms with E-state index in [-0.39, 0.29) is 30.7 Å². The molecule has 1 saturated carbocycles. The lowest BCUT2D eigenvalue weighted by Crippen LogP contribution is -2.49. The molecule has 1 aliphatic carbocycles. The van der Waals surface area contributed by atoms with Gasteiger partial charge in [0.25, 0.3) is 5.91 Å². The van der Waals surface area contributed by atoms with Crippen LogP contribution in [0.5, 0.6) is 0 Å². The summed E-state index contributed by atoms with van der Waals surface area (Å²) in [4.78, 5) is 16.8. The molecule has 0 bridgehead atoms. The summed E-state index contributed by atoms with van der Waals surface area (Å²) in [5.74, 6) is 0.996. The Morgan fingerprint density at radius 1 is 1.10 bits per heavy atom. The molecule has 0 spiro atoms. The molecule has 1 amide bonds. The number of nitrogens with two attached hydrogens (primary N) is 1. The summed E-state index contributed by atoms with van der Waals surface area (Å²) in [6, 6.07) is 7.33. The van der Waals surface area contributed by atoms with Crippen LogP contribution in [0, 0.1) is 5.92 Å². The van der Waals surface area contributed by atoms with Gasteiger partial charge in [-0.3, -0.25) is 9.69 Å². The van der Waals surface area contributed by atoms with Crippen molar-refractivity contribution in [2.75, 3.05) is 38.5 Å². The van der Waals surface area contributed by atoms with Gasteiger partial charge in [0.2, 0.25) is 0 Å². The van der Waals surface area contributed by atoms with Crippen molar-refractivity contribution in [1.82, 2.24) is 9.80 Å². The third kappa shape index (κ3) is 4.50. The van der Waals surface area contributed by atoms with Crippen LogP contribution in [0.3, 0.4) is 0 Å². The molecular formula is C15H23Cl2N3O. The number of nitrogens with zero attached hydrogens (tertiary/aromatic N) is 2. The molecule has 1 saturated heterocycles. The van der Waals surface area contributed by atoms with Gasteiger partial charge >= 0.3 is 0 Å². The molecule has 2 fully saturated rings. The van der Waals surface area contributed by atoms with E-state index in [1.807, 2.05) is 23.1 Å². The van der Waals surface area contributed by atoms with Crippen LogP contribution in [0.15, 0.2) is 24.3 Å². The van der Waals surface area contributed by atoms with E-state index in [1.165, 1.54) is 19.4 Å². The molecule has 0 aromatic heterocycles. The Balaban J connectivity index is 0.00000110. The quantitative estimate of drug-likeness (QED) is 0.864. The number of rotatable bonds is 3. The van der Waals surface area contributed by atoms with E-state index in [0.29, 0.717) is 11.3 Å². The van der Waals surface area contributed by atoms with Gasteiger partial charge in [-0.15, -0.1) is 24.8 Å². The molecule has 118 valence electrons. The Morgan fingerprint density at radius 3 is 2.29 bits per heavy atom. The summed E-state index contributed by atoms with van der Waals surface area (Å²) in [7, 11) is 0. The summed E-state index contributed by atoms with van der Waals surface area (Å²) in [5.41, 5.74) is 7.09. The molecule has 0 radical (unpaired) electrons. The second-order valence-corrected chi connectivity index (χ2v) is 5.62. The number of nitrogen functional groups attached to an aromatic ring is 1. The molecule has 1 aromatic carbocycles. The Labute approximate surface area is 138 Å². The van der Waals surface area contributed by atoms with Crippen LogP contribution in [0.4, 0.5) is 5.69 Å². The van der Waals surface area contributed by atoms with Crippen molar-refractivity contribution in [3.63, 3.8) is 0 Å². The van der Waals surface area contributed by atoms with E-state index in [4.69, 9.17) is 5.73 Å². The largest absolute Gasteiger partial charge is 0.398 e. The van der Waals surface area contributed by atoms with Crippen molar-refractivity contribution in [3.8, 4) is 0 Å². The molecule has 0 unspecified atom stereocenters. The van der Waals surface area contributed by atoms with Crippen molar-refractivity contribution in [2.24, 2.45) is 5.92 Å². The summed E-state index contributed by atoms with van der Waals surface area (Å²) in [5, 5.41) is 0. The highest BCUT2D eigenvalue weighted by molar-refractivity contribution is 5.99. The average molecular weight is 332 g/mol. The lowest BCUT2D eigenvalue weighted by atomic mass is 10.1. The normalized spacial score (nSPS) is 18.6. The first-order chi connectivity index (χ1) is 9.24. The number of para-hydroxylation sites is 1. The topological polar surface area (TPSA) is 49.6 Å². The van der Waals surface area contributed by atoms with Crippen molar-refractivity contribution < 1.29 is 4.79 Å². The number of carbonyl (C=O) groups is 1. The Bertz CT molecular complexity index is 472. The summed E-state index contributed by atoms with van der Waals surface area (Å²) < 4.78 is 0. The molecule has 1 aromatic rings. The lowest BCUT2D eigenvalue weighted by molar-refractivity contribution is 0.0633. The number of hydrogen-bond acceptors (Lipinski definition) is 3. The van der Waals surface area contributed by atoms with Crippen LogP contribution in [-0.4, -0.2) is 48.4 Å². The zero-order chi connectivity index (χ0) is 13.2. The SMILES string of the molecule is Cl.Cl.Nc1ccccc1C(=O)N1CCN(CC2CC2)CC1. The fourth-order valence-electron chi connectivity index (χ4n) is 2.66. The Kier molecular flexibility index (Phi) is 6.78. The highest BCUT2D eigenvalue weighted by Crippen LogP contribution is 2.30. The third-order valence-corrected chi connectivity index (χ3v) is 4.06. The molecule has 1 heterocycles. The average Bonchev–Trinajstić information content (AvgIpc) is 3.23. The molecule has 2 aliphatic rings. The fourth-order valence-corrected chi connectivity index (χ4v) is 2.66. The molecule has 0 atom stereocenters. The molecule has 4 nitrogen and oxygen atoms in total. The minimum absolute atomic E-state index is 0. The van der Waals surface area contributed by atoms with Gasteiger partial charge in [-0.2, -0.15) is 0 Å². The van der Waals surface area contributed by atoms with Gasteiger partial charge in [-0.25, -0.2) is 0 Å². The number of anilines is 1. The van der Waals surface area contributed by atoms with Crippen molar-refractivity contribution in [1.29, 1.82) is 0 Å². The predicted molar refractivity (Wildman–Crippen MR) is 90.4 cm³/mol. The highest BCUT2D eigenvalue weighted by atomic mass is 35.5. The molecule has 6 heteroatoms. The smallest absolute Gasteiger partial charge is 0.256 e. The third-order valence-electron chi connectivity index (χ3n) is 4.06. The highest BCUT2D eigenvalue weighted by Gasteiger charge is 2.28. The van der Waals surface area contributed by atoms with Gasteiger partial charge in [0.1, 0.15) is 0 Å². The summed E-state index contributed by atoms with van der Waals surface area (Å²) >= 11 is 0. The minimum Gasteiger partial charge on any atom is -0.398 e. The molecular weight excluding hydrogens is 309 g/mol. The lowest BCUT2D eigenvalue weighted by Gasteiger charge is -2.35. The minimum atomic E-state index is 0. The van der Waals surface area contributed by atoms with Gasteiger partial charge in [0, 0.05) is 38.4 Å². The van der Waals surface area contributed by atoms with Crippen molar-refractivity contribution >= 4 is 36.4 Å². The van der Waals surface area contributed by atoms with E-state index in [9.17, 15) is 4.79 Å². The van der Waals surface area contributed by atoms with Gasteiger partial charge in [-0.1, -0.05) is 12.1 Å². The Hall–Kier alpha value is -0.970. The van der Waals surface area contributed by atoms with E-state index in [0.717, 1.165) is 32.1 Å². The monoisotopic (exact) mass is 331 g/mol. The van der Waals surface area contributed by atoms with Gasteiger partial charge in [0.15, 0.2) is 0 Å². The van der Waals surface area contributed by atoms with Crippen LogP contribution in [-0.2, 0) is 0 Å². The number of piperazine rings is 1. The van der Waals surface area contributed by atoms with Crippen molar-refractivity contribution in [2.45, 2.75) is 12.8 Å². The van der Waals surface area contributed by atoms with Gasteiger partial charge in [-0.05, 0) is 30.9 Å². The molecule has 2 N–H and O–H groups in total. The Morgan fingerprint density at radius 2 is 1.71 bits per heavy atom. The van der Waals surface area contributed by atoms with Crippen LogP contribution >= 0.6 is 24.8 Å². The number of halogens is 2. The zero-order valence-corrected chi connectivity index (χ0v) is 13.7. The number of benzene rings is 1. The first-order valence-corrected chi connectivity index (χ1v) is 7.10. The maximum atomic E-state index is 12.4. The van der Waals surface area contributed by atoms with Crippen LogP contribution in [0.2, 0.25) is 0 Å². The standard InChI is InChI=1S/C15H21N3O.2ClH/c16-14-4-2-1-3-13(14)15(19)18-9-7-17(8-10-18)11-12-5-6-12;;/h1-4,12H,5-11,16H2;2*1H. The predicted octanol–water partition coefficient (Wildman–Crippen LogP) is 2.28. The van der Waals surface area contributed by atoms with Gasteiger partial charge < -0.3 is 10.6 Å². The maximum Gasteiger partial charge on any atom is 0.256 e. The van der Waals surface area contributed by atoms with Crippen molar-refractivity contribution in [3.05, 3.63) is 29.8 Å². The van der Waals surface area contributed by atoms with Crippen LogP contribution in [0.1, 0.15) is 23.2 Å². The summed E-state index contributed by atoms with van der Waals surface area (Å²) in [6.45, 7) is 4.85. The molecule has 1 aliphatic heterocycles. The first-order valence-electron chi connectivity index (χ1n) is 7.10. The first kappa shape index (κ1) is 18.1. The number of carbonyl (C=O) groups excluding carboxylic acids is 1. The van der Waals surface area contributed by atoms with Crippen LogP contribution < -0.4 is 5.73 Å². The number of hydrogen-bond donors (Lipinski definition) is 1. The molecule has 3 rings (SSSR count). The maximum absolute atomic E-state index is 12.4. The van der Waals surface area contributed by atoms with E-state index < -0.39 is 0 Å². The number of amides is 1. The van der Waals surface area contributed by atoms with E-state index in [1.54, 1.807) is 6.07 Å².